The number of hydrogen-bond acceptors (Lipinski definition) is 7. The van der Waals surface area contributed by atoms with Crippen LogP contribution >= 0.6 is 11.6 Å². The van der Waals surface area contributed by atoms with Crippen molar-refractivity contribution >= 4 is 52.5 Å². The van der Waals surface area contributed by atoms with Gasteiger partial charge in [-0.05, 0) is 48.5 Å². The molecule has 2 saturated heterocycles. The van der Waals surface area contributed by atoms with Crippen LogP contribution in [-0.4, -0.2) is 87.9 Å². The lowest BCUT2D eigenvalue weighted by Crippen LogP contribution is -2.50. The van der Waals surface area contributed by atoms with Crippen LogP contribution in [0.25, 0.3) is 0 Å². The summed E-state index contributed by atoms with van der Waals surface area (Å²) in [5, 5.41) is 3.31. The molecule has 1 N–H and O–H groups in total. The predicted octanol–water partition coefficient (Wildman–Crippen LogP) is 2.53. The van der Waals surface area contributed by atoms with Crippen molar-refractivity contribution in [1.29, 1.82) is 0 Å². The molecule has 0 aromatic heterocycles. The SMILES string of the molecule is COC(=O)CN(C(=O)[C@H]1C[C@@H](OC)CN1C(=O)Nc1ccc(Cl)cc1)c1ccc(N2CCOCC2=O)cc1. The van der Waals surface area contributed by atoms with Gasteiger partial charge >= 0.3 is 12.0 Å². The molecule has 2 aliphatic heterocycles. The van der Waals surface area contributed by atoms with Gasteiger partial charge in [-0.2, -0.15) is 0 Å². The monoisotopic (exact) mass is 544 g/mol. The number of methoxy groups -OCH3 is 2. The van der Waals surface area contributed by atoms with Gasteiger partial charge in [-0.25, -0.2) is 4.79 Å². The Kier molecular flexibility index (Phi) is 8.82. The number of carbonyl (C=O) groups is 4. The number of amides is 4. The van der Waals surface area contributed by atoms with Crippen molar-refractivity contribution in [2.75, 3.05) is 62.2 Å². The maximum Gasteiger partial charge on any atom is 0.325 e. The molecule has 38 heavy (non-hydrogen) atoms. The second-order valence-corrected chi connectivity index (χ2v) is 9.25. The number of hydrogen-bond donors (Lipinski definition) is 1. The molecule has 2 aromatic carbocycles. The molecule has 4 rings (SSSR count). The Bertz CT molecular complexity index is 1180. The third-order valence-corrected chi connectivity index (χ3v) is 6.73. The first-order valence-electron chi connectivity index (χ1n) is 12.0. The predicted molar refractivity (Wildman–Crippen MR) is 140 cm³/mol. The van der Waals surface area contributed by atoms with E-state index in [1.54, 1.807) is 53.4 Å². The molecule has 202 valence electrons. The van der Waals surface area contributed by atoms with Crippen molar-refractivity contribution in [1.82, 2.24) is 4.90 Å². The number of nitrogens with one attached hydrogen (secondary N) is 1. The van der Waals surface area contributed by atoms with E-state index >= 15 is 0 Å². The summed E-state index contributed by atoms with van der Waals surface area (Å²) in [6.45, 7) is 0.686. The highest BCUT2D eigenvalue weighted by molar-refractivity contribution is 6.30. The van der Waals surface area contributed by atoms with E-state index in [0.717, 1.165) is 0 Å². The Morgan fingerprint density at radius 2 is 1.82 bits per heavy atom. The van der Waals surface area contributed by atoms with Crippen LogP contribution in [0, 0.1) is 0 Å². The maximum atomic E-state index is 13.9. The molecule has 0 unspecified atom stereocenters. The Balaban J connectivity index is 1.57. The van der Waals surface area contributed by atoms with E-state index in [4.69, 9.17) is 25.8 Å². The maximum absolute atomic E-state index is 13.9. The lowest BCUT2D eigenvalue weighted by molar-refractivity contribution is -0.140. The van der Waals surface area contributed by atoms with E-state index in [0.29, 0.717) is 35.2 Å². The Morgan fingerprint density at radius 1 is 1.11 bits per heavy atom. The molecule has 12 heteroatoms. The van der Waals surface area contributed by atoms with E-state index in [-0.39, 0.29) is 38.1 Å². The highest BCUT2D eigenvalue weighted by Crippen LogP contribution is 2.28. The number of benzene rings is 2. The van der Waals surface area contributed by atoms with Gasteiger partial charge in [0.1, 0.15) is 19.2 Å². The minimum absolute atomic E-state index is 0.00493. The number of carbonyl (C=O) groups excluding carboxylic acids is 4. The summed E-state index contributed by atoms with van der Waals surface area (Å²) in [4.78, 5) is 55.8. The number of ether oxygens (including phenoxy) is 3. The summed E-state index contributed by atoms with van der Waals surface area (Å²) < 4.78 is 15.5. The number of anilines is 3. The fraction of sp³-hybridized carbons (Fsp3) is 0.385. The Labute approximate surface area is 225 Å². The van der Waals surface area contributed by atoms with E-state index in [9.17, 15) is 19.2 Å². The molecule has 0 saturated carbocycles. The topological polar surface area (TPSA) is 118 Å². The van der Waals surface area contributed by atoms with Gasteiger partial charge in [0, 0.05) is 48.7 Å². The first kappa shape index (κ1) is 27.4. The lowest BCUT2D eigenvalue weighted by atomic mass is 10.1. The number of halogens is 1. The van der Waals surface area contributed by atoms with Crippen LogP contribution in [0.3, 0.4) is 0 Å². The molecule has 0 aliphatic carbocycles. The average molecular weight is 545 g/mol. The molecule has 4 amide bonds. The molecule has 0 spiro atoms. The van der Waals surface area contributed by atoms with Crippen LogP contribution in [0.5, 0.6) is 0 Å². The van der Waals surface area contributed by atoms with Crippen LogP contribution in [0.4, 0.5) is 21.9 Å². The first-order chi connectivity index (χ1) is 18.3. The molecule has 11 nitrogen and oxygen atoms in total. The van der Waals surface area contributed by atoms with Gasteiger partial charge in [0.2, 0.25) is 0 Å². The van der Waals surface area contributed by atoms with E-state index in [2.05, 4.69) is 5.32 Å². The van der Waals surface area contributed by atoms with Crippen molar-refractivity contribution in [3.63, 3.8) is 0 Å². The zero-order valence-electron chi connectivity index (χ0n) is 21.1. The highest BCUT2D eigenvalue weighted by atomic mass is 35.5. The number of morpholine rings is 1. The highest BCUT2D eigenvalue weighted by Gasteiger charge is 2.42. The minimum Gasteiger partial charge on any atom is -0.468 e. The van der Waals surface area contributed by atoms with Crippen LogP contribution in [0.15, 0.2) is 48.5 Å². The quantitative estimate of drug-likeness (QED) is 0.532. The molecule has 2 aliphatic rings. The van der Waals surface area contributed by atoms with Crippen molar-refractivity contribution in [3.8, 4) is 0 Å². The second kappa shape index (κ2) is 12.2. The summed E-state index contributed by atoms with van der Waals surface area (Å²) in [7, 11) is 2.76. The van der Waals surface area contributed by atoms with Gasteiger partial charge < -0.3 is 29.3 Å². The molecule has 2 fully saturated rings. The average Bonchev–Trinajstić information content (AvgIpc) is 3.38. The molecule has 0 bridgehead atoms. The lowest BCUT2D eigenvalue weighted by Gasteiger charge is -2.30. The van der Waals surface area contributed by atoms with Crippen LogP contribution in [-0.2, 0) is 28.6 Å². The number of urea groups is 1. The van der Waals surface area contributed by atoms with Crippen molar-refractivity contribution in [2.45, 2.75) is 18.6 Å². The second-order valence-electron chi connectivity index (χ2n) is 8.81. The zero-order chi connectivity index (χ0) is 27.2. The summed E-state index contributed by atoms with van der Waals surface area (Å²) >= 11 is 5.93. The number of esters is 1. The molecular weight excluding hydrogens is 516 g/mol. The third kappa shape index (κ3) is 6.24. The smallest absolute Gasteiger partial charge is 0.325 e. The molecular formula is C26H29ClN4O7. The number of nitrogens with zero attached hydrogens (tertiary/aromatic N) is 3. The van der Waals surface area contributed by atoms with Gasteiger partial charge in [0.05, 0.1) is 19.8 Å². The Morgan fingerprint density at radius 3 is 2.45 bits per heavy atom. The first-order valence-corrected chi connectivity index (χ1v) is 12.4. The van der Waals surface area contributed by atoms with E-state index < -0.39 is 23.9 Å². The Hall–Kier alpha value is -3.67. The molecule has 2 atom stereocenters. The van der Waals surface area contributed by atoms with E-state index in [1.165, 1.54) is 24.0 Å². The summed E-state index contributed by atoms with van der Waals surface area (Å²) in [6, 6.07) is 11.9. The van der Waals surface area contributed by atoms with Gasteiger partial charge in [0.15, 0.2) is 0 Å². The van der Waals surface area contributed by atoms with Gasteiger partial charge in [-0.1, -0.05) is 11.6 Å². The summed E-state index contributed by atoms with van der Waals surface area (Å²) in [5.41, 5.74) is 1.59. The van der Waals surface area contributed by atoms with Crippen molar-refractivity contribution < 1.29 is 33.4 Å². The number of rotatable bonds is 7. The molecule has 2 aromatic rings. The zero-order valence-corrected chi connectivity index (χ0v) is 21.8. The third-order valence-electron chi connectivity index (χ3n) is 6.48. The summed E-state index contributed by atoms with van der Waals surface area (Å²) in [6.07, 6.45) is -0.115. The summed E-state index contributed by atoms with van der Waals surface area (Å²) in [5.74, 6) is -1.24. The molecule has 2 heterocycles. The van der Waals surface area contributed by atoms with Gasteiger partial charge in [-0.15, -0.1) is 0 Å². The largest absolute Gasteiger partial charge is 0.468 e. The van der Waals surface area contributed by atoms with E-state index in [1.807, 2.05) is 0 Å². The van der Waals surface area contributed by atoms with Crippen molar-refractivity contribution in [2.24, 2.45) is 0 Å². The molecule has 0 radical (unpaired) electrons. The fourth-order valence-corrected chi connectivity index (χ4v) is 4.55. The normalized spacial score (nSPS) is 19.3. The fourth-order valence-electron chi connectivity index (χ4n) is 4.43. The number of likely N-dealkylation sites (tertiary alicyclic amines) is 1. The van der Waals surface area contributed by atoms with Crippen LogP contribution < -0.4 is 15.1 Å². The minimum atomic E-state index is -0.891. The van der Waals surface area contributed by atoms with Gasteiger partial charge in [0.25, 0.3) is 11.8 Å². The van der Waals surface area contributed by atoms with Crippen LogP contribution in [0.2, 0.25) is 5.02 Å². The van der Waals surface area contributed by atoms with Gasteiger partial charge in [-0.3, -0.25) is 19.3 Å². The van der Waals surface area contributed by atoms with Crippen LogP contribution in [0.1, 0.15) is 6.42 Å². The van der Waals surface area contributed by atoms with Crippen molar-refractivity contribution in [3.05, 3.63) is 53.6 Å². The standard InChI is InChI=1S/C26H29ClN4O7/c1-36-21-13-22(31(14-21)26(35)28-18-5-3-17(27)4-6-18)25(34)30(15-24(33)37-2)20-9-7-19(8-10-20)29-11-12-38-16-23(29)32/h3-10,21-22H,11-16H2,1-2H3,(H,28,35)/t21-,22-/m1/s1.